The first kappa shape index (κ1) is 32.6. The number of aliphatic hydroxyl groups is 1. The van der Waals surface area contributed by atoms with Crippen LogP contribution in [0.25, 0.3) is 0 Å². The molecule has 2 fully saturated rings. The Bertz CT molecular complexity index is 1500. The molecule has 5 atom stereocenters. The van der Waals surface area contributed by atoms with Gasteiger partial charge in [-0.1, -0.05) is 18.5 Å². The highest BCUT2D eigenvalue weighted by Gasteiger charge is 2.55. The number of nitrogens with one attached hydrogen (secondary N) is 3. The van der Waals surface area contributed by atoms with Crippen LogP contribution in [0, 0.1) is 35.2 Å². The van der Waals surface area contributed by atoms with E-state index in [0.29, 0.717) is 25.0 Å². The summed E-state index contributed by atoms with van der Waals surface area (Å²) in [6, 6.07) is 4.70. The molecule has 10 nitrogen and oxygen atoms in total. The highest BCUT2D eigenvalue weighted by Crippen LogP contribution is 2.52. The molecule has 15 heteroatoms. The van der Waals surface area contributed by atoms with E-state index >= 15 is 0 Å². The maximum Gasteiger partial charge on any atom is 0.406 e. The zero-order valence-corrected chi connectivity index (χ0v) is 24.8. The molecule has 43 heavy (non-hydrogen) atoms. The van der Waals surface area contributed by atoms with E-state index in [-0.39, 0.29) is 47.1 Å². The monoisotopic (exact) mass is 645 g/mol. The molecule has 2 aliphatic rings. The van der Waals surface area contributed by atoms with Crippen LogP contribution in [-0.2, 0) is 19.4 Å². The van der Waals surface area contributed by atoms with Crippen molar-refractivity contribution < 1.29 is 45.8 Å². The maximum absolute atomic E-state index is 13.8. The summed E-state index contributed by atoms with van der Waals surface area (Å²) in [5.41, 5.74) is -1.87. The van der Waals surface area contributed by atoms with Crippen molar-refractivity contribution in [2.45, 2.75) is 48.4 Å². The Morgan fingerprint density at radius 1 is 1.07 bits per heavy atom. The fourth-order valence-electron chi connectivity index (χ4n) is 5.83. The Balaban J connectivity index is 1.46. The summed E-state index contributed by atoms with van der Waals surface area (Å²) in [6.45, 7) is 1.54. The first-order chi connectivity index (χ1) is 20.2. The molecule has 0 heterocycles. The van der Waals surface area contributed by atoms with Crippen molar-refractivity contribution >= 4 is 45.0 Å². The highest BCUT2D eigenvalue weighted by atomic mass is 35.5. The van der Waals surface area contributed by atoms with Gasteiger partial charge in [-0.05, 0) is 55.7 Å². The Kier molecular flexibility index (Phi) is 9.62. The number of fused-ring (bicyclic) bond motifs is 2. The molecular formula is C28H31ClF3N3O7S. The number of hydrogen-bond donors (Lipinski definition) is 4. The van der Waals surface area contributed by atoms with Gasteiger partial charge in [0.2, 0.25) is 5.91 Å². The minimum Gasteiger partial charge on any atom is -0.453 e. The van der Waals surface area contributed by atoms with Crippen molar-refractivity contribution in [3.8, 4) is 0 Å². The molecule has 2 aliphatic carbocycles. The van der Waals surface area contributed by atoms with Gasteiger partial charge in [0, 0.05) is 36.5 Å². The van der Waals surface area contributed by atoms with Gasteiger partial charge in [-0.15, -0.1) is 0 Å². The van der Waals surface area contributed by atoms with E-state index in [4.69, 9.17) is 11.6 Å². The SMILES string of the molecule is COC(=O)NCC(C)C(=O)NCC1(O)C2CC[C@H]1CC(S(=O)(=O)c1cc(C(=O)Nc3cc(F)c(F)c(F)c3)ccc1Cl)C2. The molecule has 2 aromatic carbocycles. The van der Waals surface area contributed by atoms with E-state index in [1.165, 1.54) is 19.2 Å². The van der Waals surface area contributed by atoms with Crippen molar-refractivity contribution in [2.24, 2.45) is 17.8 Å². The Labute approximate surface area is 251 Å². The molecule has 4 unspecified atom stereocenters. The average molecular weight is 646 g/mol. The van der Waals surface area contributed by atoms with Gasteiger partial charge in [-0.25, -0.2) is 26.4 Å². The molecule has 0 saturated heterocycles. The van der Waals surface area contributed by atoms with Crippen molar-refractivity contribution in [1.29, 1.82) is 0 Å². The summed E-state index contributed by atoms with van der Waals surface area (Å²) in [5.74, 6) is -7.50. The van der Waals surface area contributed by atoms with Crippen LogP contribution in [0.3, 0.4) is 0 Å². The quantitative estimate of drug-likeness (QED) is 0.303. The Morgan fingerprint density at radius 2 is 1.67 bits per heavy atom. The van der Waals surface area contributed by atoms with E-state index < -0.39 is 73.8 Å². The number of carbonyl (C=O) groups excluding carboxylic acids is 3. The fraction of sp³-hybridized carbons (Fsp3) is 0.464. The van der Waals surface area contributed by atoms with Crippen LogP contribution in [0.2, 0.25) is 5.02 Å². The van der Waals surface area contributed by atoms with Gasteiger partial charge < -0.3 is 25.8 Å². The van der Waals surface area contributed by atoms with Gasteiger partial charge in [0.25, 0.3) is 5.91 Å². The van der Waals surface area contributed by atoms with Crippen LogP contribution in [0.5, 0.6) is 0 Å². The minimum absolute atomic E-state index is 0.0274. The first-order valence-electron chi connectivity index (χ1n) is 13.5. The largest absolute Gasteiger partial charge is 0.453 e. The van der Waals surface area contributed by atoms with E-state index in [9.17, 15) is 41.1 Å². The summed E-state index contributed by atoms with van der Waals surface area (Å²) in [7, 11) is -2.91. The summed E-state index contributed by atoms with van der Waals surface area (Å²) in [4.78, 5) is 36.3. The van der Waals surface area contributed by atoms with Crippen LogP contribution >= 0.6 is 11.6 Å². The van der Waals surface area contributed by atoms with Gasteiger partial charge in [0.1, 0.15) is 0 Å². The standard InChI is InChI=1S/C28H31ClF3N3O7S/c1-14(12-33-27(38)42-2)25(36)34-13-28(39)16-4-5-17(28)9-19(8-16)43(40,41)23-7-15(3-6-20(23)29)26(37)35-18-10-21(30)24(32)22(31)11-18/h3,6-7,10-11,14,16-17,19,39H,4-5,8-9,12-13H2,1-2H3,(H,33,38)(H,34,36)(H,35,37)/t14?,16-,17?,19?,28?/m0/s1. The summed E-state index contributed by atoms with van der Waals surface area (Å²) in [5, 5.41) is 17.8. The number of anilines is 1. The lowest BCUT2D eigenvalue weighted by atomic mass is 9.74. The zero-order chi connectivity index (χ0) is 31.7. The second kappa shape index (κ2) is 12.7. The highest BCUT2D eigenvalue weighted by molar-refractivity contribution is 7.92. The number of benzene rings is 2. The smallest absolute Gasteiger partial charge is 0.406 e. The van der Waals surface area contributed by atoms with Crippen LogP contribution in [0.1, 0.15) is 43.0 Å². The molecule has 4 N–H and O–H groups in total. The van der Waals surface area contributed by atoms with Crippen molar-refractivity contribution in [1.82, 2.24) is 10.6 Å². The normalized spacial score (nSPS) is 23.7. The van der Waals surface area contributed by atoms with E-state index in [1.54, 1.807) is 6.92 Å². The second-order valence-electron chi connectivity index (χ2n) is 10.9. The zero-order valence-electron chi connectivity index (χ0n) is 23.3. The van der Waals surface area contributed by atoms with E-state index in [0.717, 1.165) is 6.07 Å². The van der Waals surface area contributed by atoms with Crippen LogP contribution in [-0.4, -0.2) is 62.5 Å². The third-order valence-electron chi connectivity index (χ3n) is 8.28. The minimum atomic E-state index is -4.11. The maximum atomic E-state index is 13.8. The molecule has 0 aromatic heterocycles. The van der Waals surface area contributed by atoms with Gasteiger partial charge in [0.15, 0.2) is 27.3 Å². The molecule has 0 aliphatic heterocycles. The predicted octanol–water partition coefficient (Wildman–Crippen LogP) is 3.81. The van der Waals surface area contributed by atoms with Crippen LogP contribution < -0.4 is 16.0 Å². The van der Waals surface area contributed by atoms with E-state index in [1.807, 2.05) is 0 Å². The lowest BCUT2D eigenvalue weighted by molar-refractivity contribution is -0.127. The third-order valence-corrected chi connectivity index (χ3v) is 10.9. The van der Waals surface area contributed by atoms with Crippen LogP contribution in [0.4, 0.5) is 23.7 Å². The third kappa shape index (κ3) is 6.75. The molecule has 234 valence electrons. The van der Waals surface area contributed by atoms with E-state index in [2.05, 4.69) is 20.7 Å². The number of halogens is 4. The van der Waals surface area contributed by atoms with Crippen molar-refractivity contribution in [3.63, 3.8) is 0 Å². The first-order valence-corrected chi connectivity index (χ1v) is 15.4. The van der Waals surface area contributed by atoms with Crippen LogP contribution in [0.15, 0.2) is 35.2 Å². The molecular weight excluding hydrogens is 615 g/mol. The molecule has 0 spiro atoms. The lowest BCUT2D eigenvalue weighted by Crippen LogP contribution is -2.55. The lowest BCUT2D eigenvalue weighted by Gasteiger charge is -2.42. The van der Waals surface area contributed by atoms with Crippen molar-refractivity contribution in [3.05, 3.63) is 58.4 Å². The summed E-state index contributed by atoms with van der Waals surface area (Å²) < 4.78 is 72.4. The predicted molar refractivity (Wildman–Crippen MR) is 150 cm³/mol. The fourth-order valence-corrected chi connectivity index (χ4v) is 8.23. The molecule has 3 amide bonds. The Hall–Kier alpha value is -3.36. The van der Waals surface area contributed by atoms with Gasteiger partial charge in [-0.2, -0.15) is 0 Å². The average Bonchev–Trinajstić information content (AvgIpc) is 3.12. The molecule has 2 saturated carbocycles. The Morgan fingerprint density at radius 3 is 2.26 bits per heavy atom. The topological polar surface area (TPSA) is 151 Å². The van der Waals surface area contributed by atoms with Crippen molar-refractivity contribution in [2.75, 3.05) is 25.5 Å². The molecule has 2 aromatic rings. The van der Waals surface area contributed by atoms with Gasteiger partial charge in [0.05, 0.1) is 33.8 Å². The number of rotatable bonds is 9. The number of carbonyl (C=O) groups is 3. The van der Waals surface area contributed by atoms with Gasteiger partial charge >= 0.3 is 6.09 Å². The van der Waals surface area contributed by atoms with Gasteiger partial charge in [-0.3, -0.25) is 9.59 Å². The molecule has 4 rings (SSSR count). The summed E-state index contributed by atoms with van der Waals surface area (Å²) >= 11 is 6.25. The molecule has 2 bridgehead atoms. The number of amides is 3. The number of ether oxygens (including phenoxy) is 1. The summed E-state index contributed by atoms with van der Waals surface area (Å²) in [6.07, 6.45) is 0.588. The number of methoxy groups -OCH3 is 1. The number of hydrogen-bond acceptors (Lipinski definition) is 7. The molecule has 0 radical (unpaired) electrons. The second-order valence-corrected chi connectivity index (χ2v) is 13.5. The number of alkyl carbamates (subject to hydrolysis) is 1. The number of sulfone groups is 1.